The van der Waals surface area contributed by atoms with E-state index in [0.29, 0.717) is 6.42 Å². The fourth-order valence-corrected chi connectivity index (χ4v) is 1.77. The summed E-state index contributed by atoms with van der Waals surface area (Å²) in [6.07, 6.45) is 4.84. The smallest absolute Gasteiger partial charge is 0.163 e. The van der Waals surface area contributed by atoms with Crippen molar-refractivity contribution >= 4 is 5.78 Å². The number of nitrogens with zero attached hydrogens (tertiary/aromatic N) is 1. The standard InChI is InChI=1S/C15H15NO/c1-12-4-2-6-14(10-12)15(17)8-7-13-5-3-9-16-11-13/h2-6,9-11H,7-8H2,1H3. The molecular formula is C15H15NO. The Morgan fingerprint density at radius 3 is 2.82 bits per heavy atom. The second-order valence-corrected chi connectivity index (χ2v) is 4.15. The van der Waals surface area contributed by atoms with Crippen LogP contribution in [0.1, 0.15) is 27.9 Å². The molecule has 0 N–H and O–H groups in total. The number of hydrogen-bond donors (Lipinski definition) is 0. The quantitative estimate of drug-likeness (QED) is 0.748. The summed E-state index contributed by atoms with van der Waals surface area (Å²) in [5, 5.41) is 0. The van der Waals surface area contributed by atoms with Gasteiger partial charge in [-0.1, -0.05) is 29.8 Å². The fraction of sp³-hybridized carbons (Fsp3) is 0.200. The highest BCUT2D eigenvalue weighted by atomic mass is 16.1. The predicted octanol–water partition coefficient (Wildman–Crippen LogP) is 3.21. The molecule has 0 bridgehead atoms. The predicted molar refractivity (Wildman–Crippen MR) is 68.1 cm³/mol. The van der Waals surface area contributed by atoms with Gasteiger partial charge in [-0.3, -0.25) is 9.78 Å². The lowest BCUT2D eigenvalue weighted by Gasteiger charge is -2.02. The first-order chi connectivity index (χ1) is 8.25. The van der Waals surface area contributed by atoms with E-state index in [1.54, 1.807) is 6.20 Å². The largest absolute Gasteiger partial charge is 0.294 e. The van der Waals surface area contributed by atoms with Gasteiger partial charge in [0, 0.05) is 24.4 Å². The van der Waals surface area contributed by atoms with E-state index < -0.39 is 0 Å². The first-order valence-electron chi connectivity index (χ1n) is 5.74. The molecule has 0 amide bonds. The second-order valence-electron chi connectivity index (χ2n) is 4.15. The molecule has 2 nitrogen and oxygen atoms in total. The molecular weight excluding hydrogens is 210 g/mol. The molecule has 2 rings (SSSR count). The zero-order valence-corrected chi connectivity index (χ0v) is 9.89. The molecule has 1 heterocycles. The third-order valence-corrected chi connectivity index (χ3v) is 2.70. The summed E-state index contributed by atoms with van der Waals surface area (Å²) in [5.41, 5.74) is 3.03. The molecule has 2 heteroatoms. The molecule has 0 radical (unpaired) electrons. The fourth-order valence-electron chi connectivity index (χ4n) is 1.77. The minimum Gasteiger partial charge on any atom is -0.294 e. The Morgan fingerprint density at radius 1 is 1.24 bits per heavy atom. The monoisotopic (exact) mass is 225 g/mol. The lowest BCUT2D eigenvalue weighted by atomic mass is 10.0. The summed E-state index contributed by atoms with van der Waals surface area (Å²) in [6.45, 7) is 2.00. The van der Waals surface area contributed by atoms with Crippen LogP contribution in [0.3, 0.4) is 0 Å². The molecule has 1 aromatic heterocycles. The summed E-state index contributed by atoms with van der Waals surface area (Å²) in [4.78, 5) is 16.0. The first kappa shape index (κ1) is 11.5. The van der Waals surface area contributed by atoms with Crippen LogP contribution < -0.4 is 0 Å². The third kappa shape index (κ3) is 3.25. The van der Waals surface area contributed by atoms with E-state index in [1.807, 2.05) is 49.5 Å². The molecule has 86 valence electrons. The lowest BCUT2D eigenvalue weighted by Crippen LogP contribution is -2.01. The van der Waals surface area contributed by atoms with Crippen molar-refractivity contribution in [3.63, 3.8) is 0 Å². The van der Waals surface area contributed by atoms with Gasteiger partial charge >= 0.3 is 0 Å². The van der Waals surface area contributed by atoms with Gasteiger partial charge in [0.2, 0.25) is 0 Å². The van der Waals surface area contributed by atoms with Gasteiger partial charge in [-0.05, 0) is 31.0 Å². The van der Waals surface area contributed by atoms with Gasteiger partial charge in [-0.15, -0.1) is 0 Å². The Bertz CT molecular complexity index is 505. The molecule has 0 aliphatic carbocycles. The van der Waals surface area contributed by atoms with E-state index in [4.69, 9.17) is 0 Å². The van der Waals surface area contributed by atoms with Crippen molar-refractivity contribution < 1.29 is 4.79 Å². The number of rotatable bonds is 4. The van der Waals surface area contributed by atoms with Crippen molar-refractivity contribution in [2.45, 2.75) is 19.8 Å². The number of aryl methyl sites for hydroxylation is 2. The summed E-state index contributed by atoms with van der Waals surface area (Å²) >= 11 is 0. The van der Waals surface area contributed by atoms with Crippen LogP contribution in [0.2, 0.25) is 0 Å². The number of aromatic nitrogens is 1. The van der Waals surface area contributed by atoms with E-state index in [9.17, 15) is 4.79 Å². The number of carbonyl (C=O) groups excluding carboxylic acids is 1. The van der Waals surface area contributed by atoms with Crippen LogP contribution in [-0.2, 0) is 6.42 Å². The molecule has 1 aromatic carbocycles. The van der Waals surface area contributed by atoms with Gasteiger partial charge in [0.15, 0.2) is 5.78 Å². The number of Topliss-reactive ketones (excluding diaryl/α,β-unsaturated/α-hetero) is 1. The highest BCUT2D eigenvalue weighted by molar-refractivity contribution is 5.96. The van der Waals surface area contributed by atoms with Gasteiger partial charge in [0.05, 0.1) is 0 Å². The van der Waals surface area contributed by atoms with E-state index in [0.717, 1.165) is 23.1 Å². The minimum atomic E-state index is 0.192. The first-order valence-corrected chi connectivity index (χ1v) is 5.74. The molecule has 17 heavy (non-hydrogen) atoms. The minimum absolute atomic E-state index is 0.192. The zero-order chi connectivity index (χ0) is 12.1. The van der Waals surface area contributed by atoms with Gasteiger partial charge in [-0.2, -0.15) is 0 Å². The Hall–Kier alpha value is -1.96. The summed E-state index contributed by atoms with van der Waals surface area (Å²) in [6, 6.07) is 11.6. The summed E-state index contributed by atoms with van der Waals surface area (Å²) in [7, 11) is 0. The molecule has 0 unspecified atom stereocenters. The summed E-state index contributed by atoms with van der Waals surface area (Å²) in [5.74, 6) is 0.192. The third-order valence-electron chi connectivity index (χ3n) is 2.70. The van der Waals surface area contributed by atoms with Crippen molar-refractivity contribution in [2.24, 2.45) is 0 Å². The van der Waals surface area contributed by atoms with Crippen LogP contribution in [0.15, 0.2) is 48.8 Å². The van der Waals surface area contributed by atoms with E-state index in [2.05, 4.69) is 4.98 Å². The van der Waals surface area contributed by atoms with E-state index in [1.165, 1.54) is 0 Å². The van der Waals surface area contributed by atoms with Crippen molar-refractivity contribution in [3.8, 4) is 0 Å². The lowest BCUT2D eigenvalue weighted by molar-refractivity contribution is 0.0982. The molecule has 0 spiro atoms. The zero-order valence-electron chi connectivity index (χ0n) is 9.89. The molecule has 0 saturated heterocycles. The molecule has 0 aliphatic heterocycles. The number of hydrogen-bond acceptors (Lipinski definition) is 2. The number of carbonyl (C=O) groups is 1. The van der Waals surface area contributed by atoms with Crippen LogP contribution in [-0.4, -0.2) is 10.8 Å². The van der Waals surface area contributed by atoms with E-state index >= 15 is 0 Å². The van der Waals surface area contributed by atoms with E-state index in [-0.39, 0.29) is 5.78 Å². The molecule has 0 saturated carbocycles. The van der Waals surface area contributed by atoms with Crippen LogP contribution >= 0.6 is 0 Å². The average Bonchev–Trinajstić information content (AvgIpc) is 2.37. The Labute approximate surface area is 101 Å². The summed E-state index contributed by atoms with van der Waals surface area (Å²) < 4.78 is 0. The van der Waals surface area contributed by atoms with Gasteiger partial charge in [0.1, 0.15) is 0 Å². The van der Waals surface area contributed by atoms with Crippen LogP contribution in [0.5, 0.6) is 0 Å². The molecule has 2 aromatic rings. The highest BCUT2D eigenvalue weighted by Gasteiger charge is 2.05. The Morgan fingerprint density at radius 2 is 2.12 bits per heavy atom. The number of ketones is 1. The number of benzene rings is 1. The Balaban J connectivity index is 1.98. The van der Waals surface area contributed by atoms with Crippen LogP contribution in [0.4, 0.5) is 0 Å². The van der Waals surface area contributed by atoms with Gasteiger partial charge in [0.25, 0.3) is 0 Å². The number of pyridine rings is 1. The topological polar surface area (TPSA) is 30.0 Å². The van der Waals surface area contributed by atoms with Gasteiger partial charge < -0.3 is 0 Å². The second kappa shape index (κ2) is 5.39. The highest BCUT2D eigenvalue weighted by Crippen LogP contribution is 2.09. The average molecular weight is 225 g/mol. The molecule has 0 atom stereocenters. The van der Waals surface area contributed by atoms with Gasteiger partial charge in [-0.25, -0.2) is 0 Å². The molecule has 0 fully saturated rings. The van der Waals surface area contributed by atoms with Crippen LogP contribution in [0.25, 0.3) is 0 Å². The maximum atomic E-state index is 11.9. The van der Waals surface area contributed by atoms with Crippen molar-refractivity contribution in [1.29, 1.82) is 0 Å². The Kier molecular flexibility index (Phi) is 3.66. The maximum absolute atomic E-state index is 11.9. The maximum Gasteiger partial charge on any atom is 0.163 e. The molecule has 0 aliphatic rings. The van der Waals surface area contributed by atoms with Crippen molar-refractivity contribution in [1.82, 2.24) is 4.98 Å². The normalized spacial score (nSPS) is 10.2. The van der Waals surface area contributed by atoms with Crippen molar-refractivity contribution in [3.05, 3.63) is 65.5 Å². The van der Waals surface area contributed by atoms with Crippen molar-refractivity contribution in [2.75, 3.05) is 0 Å². The van der Waals surface area contributed by atoms with Crippen LogP contribution in [0, 0.1) is 6.92 Å². The SMILES string of the molecule is Cc1cccc(C(=O)CCc2cccnc2)c1.